The Balaban J connectivity index is 2.26. The van der Waals surface area contributed by atoms with Crippen LogP contribution in [0.3, 0.4) is 0 Å². The van der Waals surface area contributed by atoms with Crippen molar-refractivity contribution in [3.05, 3.63) is 41.2 Å². The van der Waals surface area contributed by atoms with E-state index in [9.17, 15) is 8.42 Å². The number of nitrogens with zero attached hydrogens (tertiary/aromatic N) is 1. The summed E-state index contributed by atoms with van der Waals surface area (Å²) in [5, 5.41) is 9.00. The molecule has 0 fully saturated rings. The third-order valence-electron chi connectivity index (χ3n) is 2.94. The maximum atomic E-state index is 12.4. The summed E-state index contributed by atoms with van der Waals surface area (Å²) in [6.07, 6.45) is 0. The average molecular weight is 299 g/mol. The Labute approximate surface area is 117 Å². The van der Waals surface area contributed by atoms with Gasteiger partial charge >= 0.3 is 0 Å². The number of furan rings is 2. The van der Waals surface area contributed by atoms with E-state index >= 15 is 0 Å². The Kier molecular flexibility index (Phi) is 4.03. The fourth-order valence-electron chi connectivity index (χ4n) is 1.90. The predicted octanol–water partition coefficient (Wildman–Crippen LogP) is 1.80. The van der Waals surface area contributed by atoms with Gasteiger partial charge in [0.1, 0.15) is 34.5 Å². The lowest BCUT2D eigenvalue weighted by atomic mass is 10.4. The van der Waals surface area contributed by atoms with Gasteiger partial charge in [0, 0.05) is 13.1 Å². The fraction of sp³-hybridized carbons (Fsp3) is 0.385. The van der Waals surface area contributed by atoms with Gasteiger partial charge in [-0.25, -0.2) is 8.42 Å². The van der Waals surface area contributed by atoms with E-state index in [1.807, 2.05) is 0 Å². The van der Waals surface area contributed by atoms with Crippen LogP contribution in [0.1, 0.15) is 23.0 Å². The van der Waals surface area contributed by atoms with Crippen LogP contribution in [0.2, 0.25) is 0 Å². The average Bonchev–Trinajstić information content (AvgIpc) is 2.95. The summed E-state index contributed by atoms with van der Waals surface area (Å²) in [5.74, 6) is 1.78. The minimum atomic E-state index is -3.68. The fourth-order valence-corrected chi connectivity index (χ4v) is 3.22. The molecule has 2 heterocycles. The summed E-state index contributed by atoms with van der Waals surface area (Å²) < 4.78 is 36.6. The SMILES string of the molecule is Cc1ccc(CN(C)S(=O)(=O)c2cc(CO)oc2C)o1. The second kappa shape index (κ2) is 5.43. The first-order chi connectivity index (χ1) is 9.34. The predicted molar refractivity (Wildman–Crippen MR) is 71.5 cm³/mol. The van der Waals surface area contributed by atoms with Gasteiger partial charge in [-0.3, -0.25) is 0 Å². The molecule has 0 saturated heterocycles. The van der Waals surface area contributed by atoms with E-state index in [2.05, 4.69) is 0 Å². The topological polar surface area (TPSA) is 83.9 Å². The molecule has 2 aromatic heterocycles. The highest BCUT2D eigenvalue weighted by Gasteiger charge is 2.26. The molecule has 0 unspecified atom stereocenters. The lowest BCUT2D eigenvalue weighted by Crippen LogP contribution is -2.26. The lowest BCUT2D eigenvalue weighted by molar-refractivity contribution is 0.244. The monoisotopic (exact) mass is 299 g/mol. The van der Waals surface area contributed by atoms with Gasteiger partial charge in [-0.05, 0) is 26.0 Å². The molecular formula is C13H17NO5S. The van der Waals surface area contributed by atoms with Crippen molar-refractivity contribution < 1.29 is 22.4 Å². The van der Waals surface area contributed by atoms with E-state index in [1.165, 1.54) is 17.4 Å². The number of aliphatic hydroxyl groups excluding tert-OH is 1. The first kappa shape index (κ1) is 14.8. The molecule has 0 saturated carbocycles. The molecule has 0 aliphatic heterocycles. The van der Waals surface area contributed by atoms with Gasteiger partial charge in [-0.15, -0.1) is 0 Å². The summed E-state index contributed by atoms with van der Waals surface area (Å²) in [7, 11) is -2.21. The lowest BCUT2D eigenvalue weighted by Gasteiger charge is -2.15. The van der Waals surface area contributed by atoms with Crippen LogP contribution in [-0.4, -0.2) is 24.9 Å². The van der Waals surface area contributed by atoms with Crippen molar-refractivity contribution in [3.63, 3.8) is 0 Å². The molecule has 1 N–H and O–H groups in total. The molecular weight excluding hydrogens is 282 g/mol. The number of aliphatic hydroxyl groups is 1. The van der Waals surface area contributed by atoms with Gasteiger partial charge in [0.2, 0.25) is 10.0 Å². The van der Waals surface area contributed by atoms with Crippen molar-refractivity contribution in [1.29, 1.82) is 0 Å². The number of sulfonamides is 1. The number of hydrogen-bond donors (Lipinski definition) is 1. The summed E-state index contributed by atoms with van der Waals surface area (Å²) >= 11 is 0. The summed E-state index contributed by atoms with van der Waals surface area (Å²) in [4.78, 5) is 0.0623. The van der Waals surface area contributed by atoms with Gasteiger partial charge in [0.15, 0.2) is 0 Å². The van der Waals surface area contributed by atoms with E-state index in [0.29, 0.717) is 5.76 Å². The largest absolute Gasteiger partial charge is 0.465 e. The highest BCUT2D eigenvalue weighted by Crippen LogP contribution is 2.24. The van der Waals surface area contributed by atoms with Gasteiger partial charge < -0.3 is 13.9 Å². The number of rotatable bonds is 5. The van der Waals surface area contributed by atoms with Crippen LogP contribution in [-0.2, 0) is 23.2 Å². The second-order valence-corrected chi connectivity index (χ2v) is 6.58. The molecule has 2 rings (SSSR count). The van der Waals surface area contributed by atoms with Crippen LogP contribution in [0.4, 0.5) is 0 Å². The molecule has 0 atom stereocenters. The Morgan fingerprint density at radius 1 is 1.20 bits per heavy atom. The van der Waals surface area contributed by atoms with Crippen LogP contribution in [0.5, 0.6) is 0 Å². The van der Waals surface area contributed by atoms with E-state index in [0.717, 1.165) is 5.76 Å². The molecule has 0 spiro atoms. The molecule has 0 aliphatic carbocycles. The summed E-state index contributed by atoms with van der Waals surface area (Å²) in [5.41, 5.74) is 0. The molecule has 7 heteroatoms. The molecule has 20 heavy (non-hydrogen) atoms. The molecule has 2 aromatic rings. The summed E-state index contributed by atoms with van der Waals surface area (Å²) in [6, 6.07) is 4.86. The Morgan fingerprint density at radius 3 is 2.40 bits per heavy atom. The third-order valence-corrected chi connectivity index (χ3v) is 4.85. The molecule has 6 nitrogen and oxygen atoms in total. The zero-order chi connectivity index (χ0) is 14.9. The van der Waals surface area contributed by atoms with E-state index in [-0.39, 0.29) is 29.6 Å². The zero-order valence-corrected chi connectivity index (χ0v) is 12.4. The molecule has 0 aromatic carbocycles. The Hall–Kier alpha value is -1.57. The van der Waals surface area contributed by atoms with Crippen LogP contribution in [0.25, 0.3) is 0 Å². The van der Waals surface area contributed by atoms with Crippen LogP contribution >= 0.6 is 0 Å². The molecule has 0 bridgehead atoms. The van der Waals surface area contributed by atoms with Crippen LogP contribution in [0.15, 0.2) is 31.9 Å². The van der Waals surface area contributed by atoms with E-state index in [1.54, 1.807) is 26.0 Å². The van der Waals surface area contributed by atoms with Gasteiger partial charge in [-0.1, -0.05) is 0 Å². The van der Waals surface area contributed by atoms with Crippen molar-refractivity contribution in [2.45, 2.75) is 31.9 Å². The maximum absolute atomic E-state index is 12.4. The number of aryl methyl sites for hydroxylation is 2. The smallest absolute Gasteiger partial charge is 0.246 e. The van der Waals surface area contributed by atoms with Gasteiger partial charge in [0.25, 0.3) is 0 Å². The minimum absolute atomic E-state index is 0.0623. The first-order valence-electron chi connectivity index (χ1n) is 6.06. The quantitative estimate of drug-likeness (QED) is 0.910. The standard InChI is InChI=1S/C13H17NO5S/c1-9-4-5-11(18-9)7-14(3)20(16,17)13-6-12(8-15)19-10(13)2/h4-6,15H,7-8H2,1-3H3. The maximum Gasteiger partial charge on any atom is 0.246 e. The zero-order valence-electron chi connectivity index (χ0n) is 11.6. The normalized spacial score (nSPS) is 12.2. The Bertz CT molecular complexity index is 698. The highest BCUT2D eigenvalue weighted by molar-refractivity contribution is 7.89. The van der Waals surface area contributed by atoms with Crippen molar-refractivity contribution in [3.8, 4) is 0 Å². The van der Waals surface area contributed by atoms with Crippen LogP contribution in [0, 0.1) is 13.8 Å². The third kappa shape index (κ3) is 2.79. The van der Waals surface area contributed by atoms with Gasteiger partial charge in [-0.2, -0.15) is 4.31 Å². The summed E-state index contributed by atoms with van der Waals surface area (Å²) in [6.45, 7) is 3.15. The number of hydrogen-bond acceptors (Lipinski definition) is 5. The van der Waals surface area contributed by atoms with Crippen LogP contribution < -0.4 is 0 Å². The van der Waals surface area contributed by atoms with E-state index in [4.69, 9.17) is 13.9 Å². The van der Waals surface area contributed by atoms with Crippen molar-refractivity contribution in [2.24, 2.45) is 0 Å². The molecule has 0 amide bonds. The van der Waals surface area contributed by atoms with Gasteiger partial charge in [0.05, 0.1) is 6.54 Å². The Morgan fingerprint density at radius 2 is 1.90 bits per heavy atom. The van der Waals surface area contributed by atoms with E-state index < -0.39 is 10.0 Å². The highest BCUT2D eigenvalue weighted by atomic mass is 32.2. The molecule has 110 valence electrons. The molecule has 0 radical (unpaired) electrons. The first-order valence-corrected chi connectivity index (χ1v) is 7.50. The molecule has 0 aliphatic rings. The second-order valence-electron chi connectivity index (χ2n) is 4.56. The minimum Gasteiger partial charge on any atom is -0.465 e. The van der Waals surface area contributed by atoms with Crippen molar-refractivity contribution in [1.82, 2.24) is 4.31 Å². The van der Waals surface area contributed by atoms with Crippen molar-refractivity contribution in [2.75, 3.05) is 7.05 Å². The van der Waals surface area contributed by atoms with Crippen molar-refractivity contribution >= 4 is 10.0 Å².